The van der Waals surface area contributed by atoms with Crippen molar-refractivity contribution in [1.29, 1.82) is 0 Å². The molecule has 5 nitrogen and oxygen atoms in total. The minimum absolute atomic E-state index is 0.0807. The standard InChI is InChI=1S/C17H26O5S/c1-2-3-4-5-6-7-8-16(23(19,20)21)17-13-11-12-22-15(13)10-9-14(17)18/h9-10,16,18H,2-8,11-12H2,1H3,(H,19,20,21). The van der Waals surface area contributed by atoms with Crippen LogP contribution in [0.15, 0.2) is 12.1 Å². The fourth-order valence-corrected chi connectivity index (χ4v) is 4.23. The highest BCUT2D eigenvalue weighted by molar-refractivity contribution is 7.86. The monoisotopic (exact) mass is 342 g/mol. The highest BCUT2D eigenvalue weighted by Gasteiger charge is 2.32. The molecule has 1 atom stereocenters. The van der Waals surface area contributed by atoms with E-state index in [0.717, 1.165) is 25.7 Å². The molecule has 1 aliphatic rings. The largest absolute Gasteiger partial charge is 0.508 e. The maximum absolute atomic E-state index is 11.9. The molecule has 6 heteroatoms. The zero-order valence-electron chi connectivity index (χ0n) is 13.6. The SMILES string of the molecule is CCCCCCCCC(c1c(O)ccc2c1CCO2)S(=O)(=O)O. The van der Waals surface area contributed by atoms with Gasteiger partial charge in [-0.25, -0.2) is 0 Å². The summed E-state index contributed by atoms with van der Waals surface area (Å²) in [6, 6.07) is 3.09. The number of ether oxygens (including phenoxy) is 1. The van der Waals surface area contributed by atoms with Gasteiger partial charge in [0.1, 0.15) is 16.7 Å². The van der Waals surface area contributed by atoms with Crippen molar-refractivity contribution in [3.05, 3.63) is 23.3 Å². The Morgan fingerprint density at radius 2 is 1.87 bits per heavy atom. The molecule has 2 rings (SSSR count). The molecule has 1 aromatic carbocycles. The molecule has 130 valence electrons. The summed E-state index contributed by atoms with van der Waals surface area (Å²) in [5.41, 5.74) is 1.02. The van der Waals surface area contributed by atoms with Crippen LogP contribution in [0.5, 0.6) is 11.5 Å². The van der Waals surface area contributed by atoms with Gasteiger partial charge in [-0.3, -0.25) is 4.55 Å². The van der Waals surface area contributed by atoms with Gasteiger partial charge >= 0.3 is 0 Å². The number of rotatable bonds is 9. The third-order valence-electron chi connectivity index (χ3n) is 4.40. The van der Waals surface area contributed by atoms with Crippen LogP contribution in [0.3, 0.4) is 0 Å². The van der Waals surface area contributed by atoms with Crippen LogP contribution in [0, 0.1) is 0 Å². The lowest BCUT2D eigenvalue weighted by molar-refractivity contribution is 0.356. The van der Waals surface area contributed by atoms with Crippen molar-refractivity contribution < 1.29 is 22.8 Å². The van der Waals surface area contributed by atoms with E-state index in [1.807, 2.05) is 0 Å². The Morgan fingerprint density at radius 3 is 2.57 bits per heavy atom. The van der Waals surface area contributed by atoms with E-state index < -0.39 is 15.4 Å². The van der Waals surface area contributed by atoms with Crippen molar-refractivity contribution in [2.75, 3.05) is 6.61 Å². The second-order valence-electron chi connectivity index (χ2n) is 6.13. The molecule has 0 amide bonds. The van der Waals surface area contributed by atoms with Gasteiger partial charge in [0.2, 0.25) is 0 Å². The van der Waals surface area contributed by atoms with Gasteiger partial charge in [0.25, 0.3) is 10.1 Å². The quantitative estimate of drug-likeness (QED) is 0.523. The summed E-state index contributed by atoms with van der Waals surface area (Å²) in [4.78, 5) is 0. The van der Waals surface area contributed by atoms with E-state index in [-0.39, 0.29) is 5.75 Å². The molecule has 23 heavy (non-hydrogen) atoms. The van der Waals surface area contributed by atoms with Crippen molar-refractivity contribution in [2.24, 2.45) is 0 Å². The average molecular weight is 342 g/mol. The first-order valence-corrected chi connectivity index (χ1v) is 9.89. The van der Waals surface area contributed by atoms with Gasteiger partial charge in [-0.15, -0.1) is 0 Å². The van der Waals surface area contributed by atoms with Crippen LogP contribution in [0.4, 0.5) is 0 Å². The van der Waals surface area contributed by atoms with Crippen molar-refractivity contribution in [1.82, 2.24) is 0 Å². The normalized spacial score (nSPS) is 15.2. The number of benzene rings is 1. The summed E-state index contributed by atoms with van der Waals surface area (Å²) in [5, 5.41) is 9.07. The highest BCUT2D eigenvalue weighted by atomic mass is 32.2. The van der Waals surface area contributed by atoms with Crippen LogP contribution in [-0.4, -0.2) is 24.7 Å². The van der Waals surface area contributed by atoms with Gasteiger partial charge in [-0.1, -0.05) is 45.4 Å². The van der Waals surface area contributed by atoms with E-state index in [4.69, 9.17) is 4.74 Å². The molecule has 1 aliphatic heterocycles. The third-order valence-corrected chi connectivity index (χ3v) is 5.59. The second-order valence-corrected chi connectivity index (χ2v) is 7.73. The van der Waals surface area contributed by atoms with E-state index in [2.05, 4.69) is 6.92 Å². The molecule has 2 N–H and O–H groups in total. The summed E-state index contributed by atoms with van der Waals surface area (Å²) in [7, 11) is -4.28. The Labute approximate surface area is 138 Å². The van der Waals surface area contributed by atoms with Crippen molar-refractivity contribution in [2.45, 2.75) is 63.5 Å². The minimum Gasteiger partial charge on any atom is -0.508 e. The van der Waals surface area contributed by atoms with Gasteiger partial charge in [-0.2, -0.15) is 8.42 Å². The zero-order chi connectivity index (χ0) is 16.9. The lowest BCUT2D eigenvalue weighted by Gasteiger charge is -2.18. The maximum atomic E-state index is 11.9. The summed E-state index contributed by atoms with van der Waals surface area (Å²) in [6.07, 6.45) is 7.07. The number of fused-ring (bicyclic) bond motifs is 1. The predicted molar refractivity (Wildman–Crippen MR) is 89.6 cm³/mol. The fourth-order valence-electron chi connectivity index (χ4n) is 3.20. The Morgan fingerprint density at radius 1 is 1.17 bits per heavy atom. The van der Waals surface area contributed by atoms with Crippen molar-refractivity contribution in [3.8, 4) is 11.5 Å². The van der Waals surface area contributed by atoms with Crippen LogP contribution in [0.2, 0.25) is 0 Å². The fraction of sp³-hybridized carbons (Fsp3) is 0.647. The van der Waals surface area contributed by atoms with Gasteiger partial charge in [0, 0.05) is 17.5 Å². The van der Waals surface area contributed by atoms with Crippen LogP contribution in [0.1, 0.15) is 68.2 Å². The first-order valence-electron chi connectivity index (χ1n) is 8.39. The van der Waals surface area contributed by atoms with Gasteiger partial charge in [-0.05, 0) is 18.6 Å². The molecular weight excluding hydrogens is 316 g/mol. The lowest BCUT2D eigenvalue weighted by atomic mass is 9.97. The predicted octanol–water partition coefficient (Wildman–Crippen LogP) is 4.01. The molecule has 0 saturated heterocycles. The van der Waals surface area contributed by atoms with Crippen LogP contribution in [-0.2, 0) is 16.5 Å². The smallest absolute Gasteiger partial charge is 0.272 e. The van der Waals surface area contributed by atoms with E-state index in [1.165, 1.54) is 12.5 Å². The molecule has 0 radical (unpaired) electrons. The van der Waals surface area contributed by atoms with E-state index in [1.54, 1.807) is 6.07 Å². The molecule has 0 saturated carbocycles. The van der Waals surface area contributed by atoms with Crippen molar-refractivity contribution >= 4 is 10.1 Å². The molecule has 1 aromatic rings. The molecule has 0 bridgehead atoms. The van der Waals surface area contributed by atoms with Gasteiger partial charge in [0.05, 0.1) is 6.61 Å². The first kappa shape index (κ1) is 18.1. The van der Waals surface area contributed by atoms with Crippen LogP contribution >= 0.6 is 0 Å². The van der Waals surface area contributed by atoms with Crippen LogP contribution < -0.4 is 4.74 Å². The Balaban J connectivity index is 2.13. The number of hydrogen-bond donors (Lipinski definition) is 2. The molecule has 0 aliphatic carbocycles. The van der Waals surface area contributed by atoms with E-state index >= 15 is 0 Å². The Hall–Kier alpha value is -1.27. The molecule has 0 spiro atoms. The number of phenols is 1. The molecule has 1 unspecified atom stereocenters. The summed E-state index contributed by atoms with van der Waals surface area (Å²) >= 11 is 0. The molecule has 0 aromatic heterocycles. The molecular formula is C17H26O5S. The Bertz CT molecular complexity index is 624. The van der Waals surface area contributed by atoms with E-state index in [0.29, 0.717) is 42.7 Å². The van der Waals surface area contributed by atoms with Gasteiger partial charge < -0.3 is 9.84 Å². The van der Waals surface area contributed by atoms with E-state index in [9.17, 15) is 18.1 Å². The van der Waals surface area contributed by atoms with Crippen molar-refractivity contribution in [3.63, 3.8) is 0 Å². The molecule has 0 fully saturated rings. The van der Waals surface area contributed by atoms with Gasteiger partial charge in [0.15, 0.2) is 0 Å². The number of phenolic OH excluding ortho intramolecular Hbond substituents is 1. The first-order chi connectivity index (χ1) is 10.9. The lowest BCUT2D eigenvalue weighted by Crippen LogP contribution is -2.14. The third kappa shape index (κ3) is 4.61. The number of unbranched alkanes of at least 4 members (excludes halogenated alkanes) is 5. The summed E-state index contributed by atoms with van der Waals surface area (Å²) in [5.74, 6) is 0.525. The zero-order valence-corrected chi connectivity index (χ0v) is 14.4. The second kappa shape index (κ2) is 8.02. The minimum atomic E-state index is -4.28. The summed E-state index contributed by atoms with van der Waals surface area (Å²) < 4.78 is 38.8. The highest BCUT2D eigenvalue weighted by Crippen LogP contribution is 2.42. The molecule has 1 heterocycles. The van der Waals surface area contributed by atoms with Crippen LogP contribution in [0.25, 0.3) is 0 Å². The topological polar surface area (TPSA) is 83.8 Å². The number of hydrogen-bond acceptors (Lipinski definition) is 4. The summed E-state index contributed by atoms with van der Waals surface area (Å²) in [6.45, 7) is 2.62. The Kier molecular flexibility index (Phi) is 6.30. The number of aromatic hydroxyl groups is 1. The average Bonchev–Trinajstić information content (AvgIpc) is 2.95. The maximum Gasteiger partial charge on any atom is 0.272 e.